The van der Waals surface area contributed by atoms with Crippen molar-refractivity contribution >= 4 is 21.8 Å². The second kappa shape index (κ2) is 5.87. The van der Waals surface area contributed by atoms with Crippen LogP contribution in [0.3, 0.4) is 0 Å². The Labute approximate surface area is 149 Å². The van der Waals surface area contributed by atoms with E-state index in [1.54, 1.807) is 35.9 Å². The minimum Gasteiger partial charge on any atom is -0.404 e. The van der Waals surface area contributed by atoms with E-state index in [2.05, 4.69) is 9.72 Å². The van der Waals surface area contributed by atoms with Gasteiger partial charge >= 0.3 is 6.36 Å². The number of nitrogens with zero attached hydrogens (tertiary/aromatic N) is 1. The molecule has 0 aliphatic rings. The molecule has 4 rings (SSSR count). The average molecular weight is 376 g/mol. The summed E-state index contributed by atoms with van der Waals surface area (Å²) < 4.78 is 57.3. The summed E-state index contributed by atoms with van der Waals surface area (Å²) in [4.78, 5) is 14.9. The molecule has 0 saturated carbocycles. The highest BCUT2D eigenvalue weighted by atomic mass is 19.4. The molecule has 138 valence electrons. The molecule has 2 heterocycles. The van der Waals surface area contributed by atoms with Crippen molar-refractivity contribution in [2.24, 2.45) is 0 Å². The summed E-state index contributed by atoms with van der Waals surface area (Å²) in [7, 11) is 0. The number of fused-ring (bicyclic) bond motifs is 3. The molecular weight excluding hydrogens is 364 g/mol. The maximum absolute atomic E-state index is 13.4. The lowest BCUT2D eigenvalue weighted by Gasteiger charge is -2.14. The summed E-state index contributed by atoms with van der Waals surface area (Å²) in [5.74, 6) is -0.904. The quantitative estimate of drug-likeness (QED) is 0.510. The highest BCUT2D eigenvalue weighted by Crippen LogP contribution is 2.33. The van der Waals surface area contributed by atoms with Crippen molar-refractivity contribution in [1.29, 1.82) is 0 Å². The number of aromatic nitrogens is 2. The first kappa shape index (κ1) is 17.1. The lowest BCUT2D eigenvalue weighted by Crippen LogP contribution is -2.18. The molecular formula is C19H12F4N2O2. The fourth-order valence-electron chi connectivity index (χ4n) is 3.23. The Kier molecular flexibility index (Phi) is 3.73. The van der Waals surface area contributed by atoms with Crippen molar-refractivity contribution in [3.8, 4) is 11.4 Å². The SMILES string of the molecule is Cc1cc(F)ccc1-n1ccc2c(=O)[nH]c3c(OC(F)(F)F)cccc3c21. The number of benzene rings is 2. The van der Waals surface area contributed by atoms with Gasteiger partial charge in [0.25, 0.3) is 5.56 Å². The third-order valence-electron chi connectivity index (χ3n) is 4.29. The van der Waals surface area contributed by atoms with Crippen LogP contribution in [0.15, 0.2) is 53.5 Å². The maximum Gasteiger partial charge on any atom is 0.573 e. The number of rotatable bonds is 2. The van der Waals surface area contributed by atoms with Gasteiger partial charge in [0.2, 0.25) is 0 Å². The zero-order valence-electron chi connectivity index (χ0n) is 13.9. The number of halogens is 4. The molecule has 1 N–H and O–H groups in total. The molecule has 27 heavy (non-hydrogen) atoms. The number of hydrogen-bond donors (Lipinski definition) is 1. The second-order valence-corrected chi connectivity index (χ2v) is 6.06. The summed E-state index contributed by atoms with van der Waals surface area (Å²) in [6, 6.07) is 9.87. The number of nitrogens with one attached hydrogen (secondary N) is 1. The Balaban J connectivity index is 2.08. The summed E-state index contributed by atoms with van der Waals surface area (Å²) in [6.07, 6.45) is -3.27. The molecule has 0 bridgehead atoms. The van der Waals surface area contributed by atoms with Crippen molar-refractivity contribution in [1.82, 2.24) is 9.55 Å². The lowest BCUT2D eigenvalue weighted by molar-refractivity contribution is -0.274. The molecule has 8 heteroatoms. The van der Waals surface area contributed by atoms with Gasteiger partial charge in [0.1, 0.15) is 5.82 Å². The van der Waals surface area contributed by atoms with Crippen LogP contribution < -0.4 is 10.3 Å². The Morgan fingerprint density at radius 1 is 1.07 bits per heavy atom. The lowest BCUT2D eigenvalue weighted by atomic mass is 10.1. The highest BCUT2D eigenvalue weighted by molar-refractivity contribution is 6.06. The van der Waals surface area contributed by atoms with E-state index in [0.29, 0.717) is 27.5 Å². The molecule has 0 radical (unpaired) electrons. The molecule has 4 aromatic rings. The van der Waals surface area contributed by atoms with Gasteiger partial charge < -0.3 is 14.3 Å². The fourth-order valence-corrected chi connectivity index (χ4v) is 3.23. The van der Waals surface area contributed by atoms with Gasteiger partial charge in [-0.05, 0) is 42.8 Å². The molecule has 0 unspecified atom stereocenters. The smallest absolute Gasteiger partial charge is 0.404 e. The minimum atomic E-state index is -4.89. The van der Waals surface area contributed by atoms with E-state index in [4.69, 9.17) is 0 Å². The molecule has 0 atom stereocenters. The van der Waals surface area contributed by atoms with Gasteiger partial charge in [-0.15, -0.1) is 13.2 Å². The number of aryl methyl sites for hydroxylation is 1. The summed E-state index contributed by atoms with van der Waals surface area (Å²) in [5, 5.41) is 0.676. The van der Waals surface area contributed by atoms with Crippen molar-refractivity contribution in [2.45, 2.75) is 13.3 Å². The van der Waals surface area contributed by atoms with E-state index in [1.807, 2.05) is 0 Å². The molecule has 2 aromatic heterocycles. The fraction of sp³-hybridized carbons (Fsp3) is 0.105. The average Bonchev–Trinajstić information content (AvgIpc) is 3.00. The highest BCUT2D eigenvalue weighted by Gasteiger charge is 2.32. The van der Waals surface area contributed by atoms with Crippen molar-refractivity contribution in [2.75, 3.05) is 0 Å². The van der Waals surface area contributed by atoms with Gasteiger partial charge in [-0.25, -0.2) is 4.39 Å². The molecule has 0 aliphatic heterocycles. The second-order valence-electron chi connectivity index (χ2n) is 6.06. The third-order valence-corrected chi connectivity index (χ3v) is 4.29. The zero-order chi connectivity index (χ0) is 19.3. The van der Waals surface area contributed by atoms with Crippen LogP contribution >= 0.6 is 0 Å². The van der Waals surface area contributed by atoms with Crippen LogP contribution in [0.1, 0.15) is 5.56 Å². The summed E-state index contributed by atoms with van der Waals surface area (Å²) >= 11 is 0. The first-order chi connectivity index (χ1) is 12.7. The summed E-state index contributed by atoms with van der Waals surface area (Å²) in [5.41, 5.74) is 1.03. The van der Waals surface area contributed by atoms with Crippen LogP contribution in [0, 0.1) is 12.7 Å². The molecule has 0 fully saturated rings. The number of para-hydroxylation sites is 1. The van der Waals surface area contributed by atoms with E-state index >= 15 is 0 Å². The largest absolute Gasteiger partial charge is 0.573 e. The third kappa shape index (κ3) is 2.92. The van der Waals surface area contributed by atoms with E-state index in [0.717, 1.165) is 6.07 Å². The Morgan fingerprint density at radius 3 is 2.56 bits per heavy atom. The van der Waals surface area contributed by atoms with Crippen LogP contribution in [-0.2, 0) is 0 Å². The van der Waals surface area contributed by atoms with Crippen LogP contribution in [0.5, 0.6) is 5.75 Å². The first-order valence-corrected chi connectivity index (χ1v) is 7.93. The van der Waals surface area contributed by atoms with Crippen LogP contribution in [0.2, 0.25) is 0 Å². The summed E-state index contributed by atoms with van der Waals surface area (Å²) in [6.45, 7) is 1.71. The van der Waals surface area contributed by atoms with Crippen molar-refractivity contribution in [3.05, 3.63) is 70.4 Å². The number of pyridine rings is 1. The van der Waals surface area contributed by atoms with Gasteiger partial charge in [0.15, 0.2) is 5.75 Å². The van der Waals surface area contributed by atoms with Gasteiger partial charge in [-0.3, -0.25) is 4.79 Å². The number of hydrogen-bond acceptors (Lipinski definition) is 2. The zero-order valence-corrected chi connectivity index (χ0v) is 13.9. The maximum atomic E-state index is 13.4. The Bertz CT molecular complexity index is 1240. The molecule has 4 nitrogen and oxygen atoms in total. The standard InChI is InChI=1S/C19H12F4N2O2/c1-10-9-11(20)5-6-14(10)25-8-7-13-17(25)12-3-2-4-15(27-19(21,22)23)16(12)24-18(13)26/h2-9H,1H3,(H,24,26). The molecule has 0 aliphatic carbocycles. The monoisotopic (exact) mass is 376 g/mol. The Hall–Kier alpha value is -3.29. The predicted molar refractivity (Wildman–Crippen MR) is 92.8 cm³/mol. The molecule has 0 spiro atoms. The number of ether oxygens (including phenoxy) is 1. The Morgan fingerprint density at radius 2 is 1.85 bits per heavy atom. The minimum absolute atomic E-state index is 0.0629. The van der Waals surface area contributed by atoms with E-state index in [-0.39, 0.29) is 5.52 Å². The van der Waals surface area contributed by atoms with Crippen molar-refractivity contribution < 1.29 is 22.3 Å². The van der Waals surface area contributed by atoms with E-state index in [9.17, 15) is 22.4 Å². The van der Waals surface area contributed by atoms with Crippen LogP contribution in [0.25, 0.3) is 27.5 Å². The van der Waals surface area contributed by atoms with Crippen LogP contribution in [0.4, 0.5) is 17.6 Å². The van der Waals surface area contributed by atoms with Gasteiger partial charge in [0, 0.05) is 17.3 Å². The van der Waals surface area contributed by atoms with E-state index < -0.39 is 23.5 Å². The van der Waals surface area contributed by atoms with Gasteiger partial charge in [-0.1, -0.05) is 12.1 Å². The topological polar surface area (TPSA) is 47.0 Å². The number of H-pyrrole nitrogens is 1. The molecule has 2 aromatic carbocycles. The first-order valence-electron chi connectivity index (χ1n) is 7.93. The number of alkyl halides is 3. The van der Waals surface area contributed by atoms with Gasteiger partial charge in [-0.2, -0.15) is 0 Å². The molecule has 0 saturated heterocycles. The van der Waals surface area contributed by atoms with Crippen molar-refractivity contribution in [3.63, 3.8) is 0 Å². The predicted octanol–water partition coefficient (Wildman–Crippen LogP) is 4.82. The molecule has 0 amide bonds. The number of aromatic amines is 1. The normalized spacial score (nSPS) is 12.0. The van der Waals surface area contributed by atoms with E-state index in [1.165, 1.54) is 18.2 Å². The van der Waals surface area contributed by atoms with Crippen LogP contribution in [-0.4, -0.2) is 15.9 Å². The van der Waals surface area contributed by atoms with Gasteiger partial charge in [0.05, 0.1) is 16.4 Å².